The Kier molecular flexibility index (Phi) is 3.86. The fourth-order valence-electron chi connectivity index (χ4n) is 2.51. The van der Waals surface area contributed by atoms with Crippen LogP contribution >= 0.6 is 0 Å². The summed E-state index contributed by atoms with van der Waals surface area (Å²) in [5.41, 5.74) is 1.79. The molecule has 0 aliphatic carbocycles. The lowest BCUT2D eigenvalue weighted by Crippen LogP contribution is -2.32. The Hall–Kier alpha value is -1.64. The molecule has 2 aromatic rings. The summed E-state index contributed by atoms with van der Waals surface area (Å²) in [4.78, 5) is 0. The summed E-state index contributed by atoms with van der Waals surface area (Å²) in [5.74, 6) is 0. The zero-order chi connectivity index (χ0) is 13.8. The maximum atomic E-state index is 6.29. The lowest BCUT2D eigenvalue weighted by atomic mass is 9.84. The number of benzene rings is 2. The van der Waals surface area contributed by atoms with Gasteiger partial charge in [-0.1, -0.05) is 60.7 Å². The number of ether oxygens (including phenoxy) is 2. The van der Waals surface area contributed by atoms with E-state index in [2.05, 4.69) is 31.2 Å². The van der Waals surface area contributed by atoms with Crippen molar-refractivity contribution in [3.8, 4) is 0 Å². The summed E-state index contributed by atoms with van der Waals surface area (Å²) in [6.45, 7) is 5.56. The van der Waals surface area contributed by atoms with Gasteiger partial charge in [0, 0.05) is 0 Å². The molecule has 0 spiro atoms. The molecule has 0 amide bonds. The number of epoxide rings is 1. The lowest BCUT2D eigenvalue weighted by molar-refractivity contribution is -0.0241. The largest absolute Gasteiger partial charge is 0.371 e. The second kappa shape index (κ2) is 5.78. The molecule has 2 heteroatoms. The van der Waals surface area contributed by atoms with Crippen molar-refractivity contribution in [1.29, 1.82) is 0 Å². The van der Waals surface area contributed by atoms with Gasteiger partial charge in [-0.05, 0) is 24.5 Å². The van der Waals surface area contributed by atoms with Crippen LogP contribution in [0.1, 0.15) is 17.5 Å². The van der Waals surface area contributed by atoms with Crippen LogP contribution in [0, 0.1) is 6.92 Å². The lowest BCUT2D eigenvalue weighted by Gasteiger charge is -2.34. The van der Waals surface area contributed by atoms with Gasteiger partial charge < -0.3 is 9.47 Å². The molecule has 0 bridgehead atoms. The van der Waals surface area contributed by atoms with E-state index in [0.717, 1.165) is 17.7 Å². The molecule has 0 saturated carbocycles. The van der Waals surface area contributed by atoms with E-state index in [4.69, 9.17) is 9.47 Å². The summed E-state index contributed by atoms with van der Waals surface area (Å²) >= 11 is 0. The van der Waals surface area contributed by atoms with Gasteiger partial charge in [0.25, 0.3) is 0 Å². The van der Waals surface area contributed by atoms with Crippen molar-refractivity contribution in [2.75, 3.05) is 13.2 Å². The first kappa shape index (κ1) is 13.3. The standard InChI is InChI=1S/C18H19O2/c1-2-18(20-14-17-13-19-17,15-9-5-3-6-10-15)16-11-7-4-8-12-16/h3-12,17H,1-2,13-14H2. The summed E-state index contributed by atoms with van der Waals surface area (Å²) in [7, 11) is 0. The van der Waals surface area contributed by atoms with Gasteiger partial charge in [0.15, 0.2) is 0 Å². The predicted octanol–water partition coefficient (Wildman–Crippen LogP) is 3.57. The SMILES string of the molecule is [CH2]CC(OCC1CO1)(c1ccccc1)c1ccccc1. The second-order valence-electron chi connectivity index (χ2n) is 5.08. The monoisotopic (exact) mass is 267 g/mol. The maximum Gasteiger partial charge on any atom is 0.118 e. The first-order chi connectivity index (χ1) is 9.85. The average Bonchev–Trinajstić information content (AvgIpc) is 3.35. The molecule has 0 N–H and O–H groups in total. The molecule has 20 heavy (non-hydrogen) atoms. The van der Waals surface area contributed by atoms with Gasteiger partial charge in [-0.3, -0.25) is 0 Å². The van der Waals surface area contributed by atoms with Crippen LogP contribution in [0.4, 0.5) is 0 Å². The molecule has 1 radical (unpaired) electrons. The Bertz CT molecular complexity index is 492. The van der Waals surface area contributed by atoms with E-state index in [-0.39, 0.29) is 6.10 Å². The quantitative estimate of drug-likeness (QED) is 0.746. The molecule has 1 unspecified atom stereocenters. The van der Waals surface area contributed by atoms with Gasteiger partial charge in [-0.2, -0.15) is 0 Å². The van der Waals surface area contributed by atoms with Crippen molar-refractivity contribution in [1.82, 2.24) is 0 Å². The van der Waals surface area contributed by atoms with Crippen LogP contribution in [0.5, 0.6) is 0 Å². The van der Waals surface area contributed by atoms with Crippen LogP contribution in [-0.2, 0) is 15.1 Å². The Morgan fingerprint density at radius 2 is 1.50 bits per heavy atom. The van der Waals surface area contributed by atoms with Gasteiger partial charge in [0.1, 0.15) is 11.7 Å². The fourth-order valence-corrected chi connectivity index (χ4v) is 2.51. The summed E-state index contributed by atoms with van der Waals surface area (Å²) < 4.78 is 11.6. The highest BCUT2D eigenvalue weighted by Crippen LogP contribution is 2.37. The molecular formula is C18H19O2. The molecule has 1 fully saturated rings. The Morgan fingerprint density at radius 1 is 1.00 bits per heavy atom. The van der Waals surface area contributed by atoms with E-state index < -0.39 is 5.60 Å². The zero-order valence-corrected chi connectivity index (χ0v) is 11.5. The van der Waals surface area contributed by atoms with Crippen molar-refractivity contribution in [3.05, 3.63) is 78.7 Å². The smallest absolute Gasteiger partial charge is 0.118 e. The molecule has 1 aliphatic rings. The second-order valence-corrected chi connectivity index (χ2v) is 5.08. The van der Waals surface area contributed by atoms with Crippen LogP contribution in [0.25, 0.3) is 0 Å². The number of hydrogen-bond donors (Lipinski definition) is 0. The van der Waals surface area contributed by atoms with Gasteiger partial charge in [-0.15, -0.1) is 0 Å². The van der Waals surface area contributed by atoms with Gasteiger partial charge in [0.05, 0.1) is 13.2 Å². The number of hydrogen-bond acceptors (Lipinski definition) is 2. The Balaban J connectivity index is 1.99. The van der Waals surface area contributed by atoms with E-state index in [9.17, 15) is 0 Å². The first-order valence-corrected chi connectivity index (χ1v) is 7.01. The van der Waals surface area contributed by atoms with Crippen molar-refractivity contribution in [3.63, 3.8) is 0 Å². The molecule has 2 nitrogen and oxygen atoms in total. The van der Waals surface area contributed by atoms with E-state index in [1.54, 1.807) is 0 Å². The minimum Gasteiger partial charge on any atom is -0.371 e. The topological polar surface area (TPSA) is 21.8 Å². The van der Waals surface area contributed by atoms with Gasteiger partial charge >= 0.3 is 0 Å². The summed E-state index contributed by atoms with van der Waals surface area (Å²) in [6.07, 6.45) is 0.890. The van der Waals surface area contributed by atoms with E-state index in [1.165, 1.54) is 0 Å². The van der Waals surface area contributed by atoms with Gasteiger partial charge in [-0.25, -0.2) is 0 Å². The number of rotatable bonds is 6. The zero-order valence-electron chi connectivity index (χ0n) is 11.5. The molecule has 1 saturated heterocycles. The predicted molar refractivity (Wildman–Crippen MR) is 79.3 cm³/mol. The third-order valence-corrected chi connectivity index (χ3v) is 3.75. The van der Waals surface area contributed by atoms with Crippen molar-refractivity contribution >= 4 is 0 Å². The minimum atomic E-state index is -0.492. The molecule has 2 aromatic carbocycles. The Morgan fingerprint density at radius 3 is 1.90 bits per heavy atom. The molecule has 1 aliphatic heterocycles. The van der Waals surface area contributed by atoms with Crippen LogP contribution in [0.2, 0.25) is 0 Å². The van der Waals surface area contributed by atoms with Gasteiger partial charge in [0.2, 0.25) is 0 Å². The molecule has 3 rings (SSSR count). The van der Waals surface area contributed by atoms with Crippen LogP contribution in [-0.4, -0.2) is 19.3 Å². The third kappa shape index (κ3) is 2.62. The molecule has 1 heterocycles. The molecule has 0 aromatic heterocycles. The molecule has 103 valence electrons. The average molecular weight is 267 g/mol. The normalized spacial score (nSPS) is 17.9. The van der Waals surface area contributed by atoms with Crippen molar-refractivity contribution in [2.24, 2.45) is 0 Å². The third-order valence-electron chi connectivity index (χ3n) is 3.75. The van der Waals surface area contributed by atoms with Crippen molar-refractivity contribution in [2.45, 2.75) is 18.1 Å². The molecule has 1 atom stereocenters. The Labute approximate surface area is 120 Å². The fraction of sp³-hybridized carbons (Fsp3) is 0.278. The highest BCUT2D eigenvalue weighted by Gasteiger charge is 2.36. The van der Waals surface area contributed by atoms with Crippen LogP contribution in [0.3, 0.4) is 0 Å². The summed E-state index contributed by atoms with van der Waals surface area (Å²) in [6, 6.07) is 20.6. The van der Waals surface area contributed by atoms with Crippen molar-refractivity contribution < 1.29 is 9.47 Å². The minimum absolute atomic E-state index is 0.244. The van der Waals surface area contributed by atoms with E-state index in [0.29, 0.717) is 13.0 Å². The van der Waals surface area contributed by atoms with E-state index in [1.807, 2.05) is 36.4 Å². The van der Waals surface area contributed by atoms with Crippen LogP contribution < -0.4 is 0 Å². The highest BCUT2D eigenvalue weighted by molar-refractivity contribution is 5.36. The summed E-state index contributed by atoms with van der Waals surface area (Å²) in [5, 5.41) is 0. The highest BCUT2D eigenvalue weighted by atomic mass is 16.6. The van der Waals surface area contributed by atoms with Crippen LogP contribution in [0.15, 0.2) is 60.7 Å². The molecular weight excluding hydrogens is 248 g/mol. The first-order valence-electron chi connectivity index (χ1n) is 7.01. The van der Waals surface area contributed by atoms with E-state index >= 15 is 0 Å². The maximum absolute atomic E-state index is 6.29.